The van der Waals surface area contributed by atoms with Crippen LogP contribution < -0.4 is 4.74 Å². The third kappa shape index (κ3) is 3.47. The second-order valence-corrected chi connectivity index (χ2v) is 7.46. The highest BCUT2D eigenvalue weighted by Crippen LogP contribution is 2.40. The molecule has 0 spiro atoms. The molecule has 3 nitrogen and oxygen atoms in total. The van der Waals surface area contributed by atoms with E-state index >= 15 is 0 Å². The van der Waals surface area contributed by atoms with Crippen LogP contribution in [0.15, 0.2) is 24.5 Å². The maximum atomic E-state index is 5.27. The lowest BCUT2D eigenvalue weighted by Crippen LogP contribution is -1.92. The van der Waals surface area contributed by atoms with Gasteiger partial charge in [-0.25, -0.2) is 9.97 Å². The van der Waals surface area contributed by atoms with E-state index in [1.807, 2.05) is 12.4 Å². The van der Waals surface area contributed by atoms with Crippen molar-refractivity contribution in [2.75, 3.05) is 7.11 Å². The van der Waals surface area contributed by atoms with Gasteiger partial charge in [0.05, 0.1) is 12.0 Å². The number of ether oxygens (including phenoxy) is 1. The van der Waals surface area contributed by atoms with Crippen molar-refractivity contribution in [3.05, 3.63) is 30.1 Å². The van der Waals surface area contributed by atoms with Crippen LogP contribution >= 0.6 is 22.7 Å². The molecule has 0 aliphatic carbocycles. The highest BCUT2D eigenvalue weighted by molar-refractivity contribution is 7.30. The zero-order valence-corrected chi connectivity index (χ0v) is 14.6. The summed E-state index contributed by atoms with van der Waals surface area (Å²) in [5.41, 5.74) is 1.24. The van der Waals surface area contributed by atoms with Crippen LogP contribution in [0.5, 0.6) is 5.06 Å². The van der Waals surface area contributed by atoms with Gasteiger partial charge in [-0.15, -0.1) is 11.3 Å². The predicted molar refractivity (Wildman–Crippen MR) is 95.1 cm³/mol. The molecule has 0 saturated heterocycles. The Morgan fingerprint density at radius 1 is 1.00 bits per heavy atom. The number of hydrogen-bond donors (Lipinski definition) is 0. The van der Waals surface area contributed by atoms with Crippen molar-refractivity contribution in [2.45, 2.75) is 39.0 Å². The largest absolute Gasteiger partial charge is 0.487 e. The van der Waals surface area contributed by atoms with E-state index in [9.17, 15) is 0 Å². The minimum absolute atomic E-state index is 0.824. The van der Waals surface area contributed by atoms with Gasteiger partial charge < -0.3 is 4.74 Å². The fourth-order valence-corrected chi connectivity index (χ4v) is 4.54. The van der Waals surface area contributed by atoms with Crippen LogP contribution in [-0.4, -0.2) is 17.1 Å². The number of thiophene rings is 2. The van der Waals surface area contributed by atoms with Crippen molar-refractivity contribution in [2.24, 2.45) is 0 Å². The Morgan fingerprint density at radius 3 is 2.45 bits per heavy atom. The first-order chi connectivity index (χ1) is 10.8. The molecule has 3 heterocycles. The molecule has 0 aromatic carbocycles. The van der Waals surface area contributed by atoms with Gasteiger partial charge in [-0.3, -0.25) is 0 Å². The van der Waals surface area contributed by atoms with Gasteiger partial charge in [0.25, 0.3) is 0 Å². The molecule has 0 N–H and O–H groups in total. The van der Waals surface area contributed by atoms with Crippen molar-refractivity contribution >= 4 is 32.1 Å². The van der Waals surface area contributed by atoms with Crippen LogP contribution in [0.3, 0.4) is 0 Å². The Labute approximate surface area is 139 Å². The topological polar surface area (TPSA) is 35.0 Å². The molecule has 5 heteroatoms. The number of hydrogen-bond acceptors (Lipinski definition) is 5. The molecule has 0 radical (unpaired) electrons. The van der Waals surface area contributed by atoms with Crippen LogP contribution in [0.4, 0.5) is 0 Å². The summed E-state index contributed by atoms with van der Waals surface area (Å²) < 4.78 is 7.75. The van der Waals surface area contributed by atoms with Crippen molar-refractivity contribution in [3.63, 3.8) is 0 Å². The average molecular weight is 332 g/mol. The summed E-state index contributed by atoms with van der Waals surface area (Å²) in [6.07, 6.45) is 10.1. The molecule has 0 saturated carbocycles. The first kappa shape index (κ1) is 15.4. The fourth-order valence-electron chi connectivity index (χ4n) is 2.39. The number of aromatic nitrogens is 2. The molecular weight excluding hydrogens is 312 g/mol. The van der Waals surface area contributed by atoms with E-state index < -0.39 is 0 Å². The Morgan fingerprint density at radius 2 is 1.77 bits per heavy atom. The molecule has 22 heavy (non-hydrogen) atoms. The maximum Gasteiger partial charge on any atom is 0.175 e. The summed E-state index contributed by atoms with van der Waals surface area (Å²) in [6, 6.07) is 4.24. The highest BCUT2D eigenvalue weighted by Gasteiger charge is 2.10. The summed E-state index contributed by atoms with van der Waals surface area (Å²) in [7, 11) is 1.71. The second-order valence-electron chi connectivity index (χ2n) is 5.33. The second kappa shape index (κ2) is 7.20. The maximum absolute atomic E-state index is 5.27. The quantitative estimate of drug-likeness (QED) is 0.532. The van der Waals surface area contributed by atoms with Gasteiger partial charge in [0.2, 0.25) is 0 Å². The minimum atomic E-state index is 0.824. The van der Waals surface area contributed by atoms with Gasteiger partial charge >= 0.3 is 0 Å². The predicted octanol–water partition coefficient (Wildman–Crippen LogP) is 5.55. The Kier molecular flexibility index (Phi) is 5.05. The van der Waals surface area contributed by atoms with E-state index in [0.29, 0.717) is 0 Å². The van der Waals surface area contributed by atoms with Crippen molar-refractivity contribution < 1.29 is 4.74 Å². The summed E-state index contributed by atoms with van der Waals surface area (Å²) >= 11 is 3.39. The molecule has 0 unspecified atom stereocenters. The zero-order valence-electron chi connectivity index (χ0n) is 13.0. The van der Waals surface area contributed by atoms with E-state index in [2.05, 4.69) is 29.0 Å². The number of aryl methyl sites for hydroxylation is 1. The number of nitrogens with zero attached hydrogens (tertiary/aromatic N) is 2. The number of fused-ring (bicyclic) bond motifs is 1. The molecule has 3 aromatic rings. The smallest absolute Gasteiger partial charge is 0.175 e. The number of methoxy groups -OCH3 is 1. The molecule has 0 bridgehead atoms. The van der Waals surface area contributed by atoms with E-state index in [-0.39, 0.29) is 0 Å². The van der Waals surface area contributed by atoms with Gasteiger partial charge in [0.1, 0.15) is 0 Å². The lowest BCUT2D eigenvalue weighted by atomic mass is 10.1. The van der Waals surface area contributed by atoms with Gasteiger partial charge in [-0.1, -0.05) is 37.5 Å². The van der Waals surface area contributed by atoms with Gasteiger partial charge in [-0.05, 0) is 24.5 Å². The van der Waals surface area contributed by atoms with Crippen LogP contribution in [0.2, 0.25) is 0 Å². The molecule has 0 aliphatic heterocycles. The van der Waals surface area contributed by atoms with Crippen molar-refractivity contribution in [1.82, 2.24) is 9.97 Å². The average Bonchev–Trinajstić information content (AvgIpc) is 3.10. The van der Waals surface area contributed by atoms with Crippen molar-refractivity contribution in [3.8, 4) is 15.8 Å². The number of unbranched alkanes of at least 4 members (excludes halogenated alkanes) is 3. The lowest BCUT2D eigenvalue weighted by molar-refractivity contribution is 0.427. The van der Waals surface area contributed by atoms with Crippen LogP contribution in [0.25, 0.3) is 20.1 Å². The summed E-state index contributed by atoms with van der Waals surface area (Å²) in [5, 5.41) is 0.955. The first-order valence-corrected chi connectivity index (χ1v) is 9.32. The SMILES string of the molecule is CCCCCCc1cnc(-c2cc3sc(OC)cc3s2)nc1. The van der Waals surface area contributed by atoms with Crippen LogP contribution in [0, 0.1) is 0 Å². The third-order valence-corrected chi connectivity index (χ3v) is 5.88. The van der Waals surface area contributed by atoms with E-state index in [1.165, 1.54) is 40.6 Å². The summed E-state index contributed by atoms with van der Waals surface area (Å²) in [5.74, 6) is 0.824. The van der Waals surface area contributed by atoms with Crippen LogP contribution in [0.1, 0.15) is 38.2 Å². The molecule has 0 aliphatic rings. The molecule has 0 atom stereocenters. The van der Waals surface area contributed by atoms with Gasteiger partial charge in [0.15, 0.2) is 10.9 Å². The van der Waals surface area contributed by atoms with Gasteiger partial charge in [0, 0.05) is 27.9 Å². The first-order valence-electron chi connectivity index (χ1n) is 7.69. The molecule has 0 amide bonds. The Bertz CT molecular complexity index is 699. The van der Waals surface area contributed by atoms with E-state index in [0.717, 1.165) is 22.2 Å². The summed E-state index contributed by atoms with van der Waals surface area (Å²) in [6.45, 7) is 2.24. The third-order valence-electron chi connectivity index (χ3n) is 3.63. The standard InChI is InChI=1S/C17H20N2OS2/c1-3-4-5-6-7-12-10-18-17(19-11-12)15-8-13-14(21-15)9-16(20-2)22-13/h8-11H,3-7H2,1-2H3. The summed E-state index contributed by atoms with van der Waals surface area (Å²) in [4.78, 5) is 10.2. The van der Waals surface area contributed by atoms with Crippen molar-refractivity contribution in [1.29, 1.82) is 0 Å². The Hall–Kier alpha value is -1.46. The molecular formula is C17H20N2OS2. The normalized spacial score (nSPS) is 11.2. The monoisotopic (exact) mass is 332 g/mol. The molecule has 0 fully saturated rings. The molecule has 116 valence electrons. The zero-order chi connectivity index (χ0) is 15.4. The Balaban J connectivity index is 1.69. The van der Waals surface area contributed by atoms with Crippen LogP contribution in [-0.2, 0) is 6.42 Å². The lowest BCUT2D eigenvalue weighted by Gasteiger charge is -2.01. The van der Waals surface area contributed by atoms with E-state index in [4.69, 9.17) is 4.74 Å². The van der Waals surface area contributed by atoms with Gasteiger partial charge in [-0.2, -0.15) is 0 Å². The highest BCUT2D eigenvalue weighted by atomic mass is 32.1. The minimum Gasteiger partial charge on any atom is -0.487 e. The van der Waals surface area contributed by atoms with E-state index in [1.54, 1.807) is 29.8 Å². The molecule has 3 rings (SSSR count). The number of rotatable bonds is 7. The fraction of sp³-hybridized carbons (Fsp3) is 0.412. The molecule has 3 aromatic heterocycles.